The first-order chi connectivity index (χ1) is 10.2. The molecule has 1 fully saturated rings. The molecule has 0 radical (unpaired) electrons. The van der Waals surface area contributed by atoms with E-state index < -0.39 is 0 Å². The van der Waals surface area contributed by atoms with Gasteiger partial charge >= 0.3 is 0 Å². The topological polar surface area (TPSA) is 34.5 Å². The van der Waals surface area contributed by atoms with Gasteiger partial charge in [-0.3, -0.25) is 4.79 Å². The van der Waals surface area contributed by atoms with Crippen LogP contribution in [0, 0.1) is 0 Å². The molecule has 0 spiro atoms. The molecule has 3 rings (SSSR count). The maximum Gasteiger partial charge on any atom is 0.227 e. The Kier molecular flexibility index (Phi) is 3.97. The summed E-state index contributed by atoms with van der Waals surface area (Å²) >= 11 is 0. The van der Waals surface area contributed by atoms with Crippen LogP contribution in [0.15, 0.2) is 30.5 Å². The minimum Gasteiger partial charge on any atom is -0.381 e. The predicted octanol–water partition coefficient (Wildman–Crippen LogP) is 2.36. The van der Waals surface area contributed by atoms with Gasteiger partial charge in [0.25, 0.3) is 0 Å². The highest BCUT2D eigenvalue weighted by molar-refractivity contribution is 5.89. The van der Waals surface area contributed by atoms with Crippen molar-refractivity contribution in [3.05, 3.63) is 36.0 Å². The molecule has 0 N–H and O–H groups in total. The second kappa shape index (κ2) is 5.90. The molecule has 1 saturated heterocycles. The number of carbonyl (C=O) groups excluding carboxylic acids is 1. The molecule has 0 unspecified atom stereocenters. The molecule has 2 aromatic rings. The van der Waals surface area contributed by atoms with E-state index in [0.717, 1.165) is 31.5 Å². The lowest BCUT2D eigenvalue weighted by atomic mass is 10.1. The highest BCUT2D eigenvalue weighted by atomic mass is 16.5. The molecular weight excluding hydrogens is 264 g/mol. The molecule has 1 aliphatic heterocycles. The average molecular weight is 286 g/mol. The second-order valence-electron chi connectivity index (χ2n) is 5.78. The summed E-state index contributed by atoms with van der Waals surface area (Å²) in [5, 5.41) is 1.18. The monoisotopic (exact) mass is 286 g/mol. The number of piperidine rings is 1. The van der Waals surface area contributed by atoms with E-state index in [0.29, 0.717) is 12.5 Å². The minimum atomic E-state index is 0.223. The molecule has 0 saturated carbocycles. The van der Waals surface area contributed by atoms with Crippen LogP contribution in [0.25, 0.3) is 10.9 Å². The molecule has 1 aromatic heterocycles. The summed E-state index contributed by atoms with van der Waals surface area (Å²) in [6.45, 7) is 1.62. The quantitative estimate of drug-likeness (QED) is 0.868. The summed E-state index contributed by atoms with van der Waals surface area (Å²) in [5.74, 6) is 0.223. The third-order valence-electron chi connectivity index (χ3n) is 4.45. The van der Waals surface area contributed by atoms with Crippen molar-refractivity contribution in [1.82, 2.24) is 9.47 Å². The van der Waals surface area contributed by atoms with Gasteiger partial charge in [-0.1, -0.05) is 18.2 Å². The van der Waals surface area contributed by atoms with Gasteiger partial charge in [0.05, 0.1) is 12.5 Å². The highest BCUT2D eigenvalue weighted by Gasteiger charge is 2.23. The standard InChI is InChI=1S/C17H22N2O2/c1-18-12-13(15-5-3-4-6-16(15)18)11-17(20)19-9-7-14(21-2)8-10-19/h3-6,12,14H,7-11H2,1-2H3. The Morgan fingerprint density at radius 2 is 2.00 bits per heavy atom. The number of hydrogen-bond acceptors (Lipinski definition) is 2. The number of aromatic nitrogens is 1. The molecule has 1 amide bonds. The molecular formula is C17H22N2O2. The lowest BCUT2D eigenvalue weighted by Gasteiger charge is -2.31. The Labute approximate surface area is 125 Å². The average Bonchev–Trinajstić information content (AvgIpc) is 2.84. The summed E-state index contributed by atoms with van der Waals surface area (Å²) in [5.41, 5.74) is 2.30. The molecule has 4 nitrogen and oxygen atoms in total. The Bertz CT molecular complexity index is 639. The fraction of sp³-hybridized carbons (Fsp3) is 0.471. The maximum absolute atomic E-state index is 12.5. The number of ether oxygens (including phenoxy) is 1. The zero-order valence-electron chi connectivity index (χ0n) is 12.7. The highest BCUT2D eigenvalue weighted by Crippen LogP contribution is 2.22. The summed E-state index contributed by atoms with van der Waals surface area (Å²) < 4.78 is 7.45. The van der Waals surface area contributed by atoms with Crippen molar-refractivity contribution in [3.8, 4) is 0 Å². The minimum absolute atomic E-state index is 0.223. The van der Waals surface area contributed by atoms with E-state index in [9.17, 15) is 4.79 Å². The van der Waals surface area contributed by atoms with Gasteiger partial charge < -0.3 is 14.2 Å². The van der Waals surface area contributed by atoms with Crippen LogP contribution in [0.2, 0.25) is 0 Å². The first-order valence-corrected chi connectivity index (χ1v) is 7.52. The van der Waals surface area contributed by atoms with E-state index >= 15 is 0 Å². The number of nitrogens with zero attached hydrogens (tertiary/aromatic N) is 2. The van der Waals surface area contributed by atoms with Crippen molar-refractivity contribution in [1.29, 1.82) is 0 Å². The number of methoxy groups -OCH3 is 1. The second-order valence-corrected chi connectivity index (χ2v) is 5.78. The largest absolute Gasteiger partial charge is 0.381 e. The summed E-state index contributed by atoms with van der Waals surface area (Å²) in [6, 6.07) is 8.24. The van der Waals surface area contributed by atoms with Crippen molar-refractivity contribution in [3.63, 3.8) is 0 Å². The normalized spacial score (nSPS) is 16.6. The number of likely N-dealkylation sites (tertiary alicyclic amines) is 1. The molecule has 2 heterocycles. The van der Waals surface area contributed by atoms with Gasteiger partial charge in [-0.15, -0.1) is 0 Å². The van der Waals surface area contributed by atoms with E-state index in [1.54, 1.807) is 7.11 Å². The molecule has 0 aliphatic carbocycles. The first kappa shape index (κ1) is 14.1. The van der Waals surface area contributed by atoms with E-state index in [-0.39, 0.29) is 5.91 Å². The molecule has 0 bridgehead atoms. The SMILES string of the molecule is COC1CCN(C(=O)Cc2cn(C)c3ccccc23)CC1. The van der Waals surface area contributed by atoms with Crippen LogP contribution in [0.1, 0.15) is 18.4 Å². The van der Waals surface area contributed by atoms with E-state index in [1.807, 2.05) is 24.1 Å². The molecule has 21 heavy (non-hydrogen) atoms. The van der Waals surface area contributed by atoms with Crippen molar-refractivity contribution in [2.75, 3.05) is 20.2 Å². The fourth-order valence-electron chi connectivity index (χ4n) is 3.18. The van der Waals surface area contributed by atoms with Crippen LogP contribution in [0.3, 0.4) is 0 Å². The van der Waals surface area contributed by atoms with Crippen LogP contribution in [-0.2, 0) is 23.0 Å². The number of aryl methyl sites for hydroxylation is 1. The Morgan fingerprint density at radius 3 is 2.71 bits per heavy atom. The van der Waals surface area contributed by atoms with Crippen molar-refractivity contribution in [2.24, 2.45) is 7.05 Å². The van der Waals surface area contributed by atoms with Crippen molar-refractivity contribution < 1.29 is 9.53 Å². The van der Waals surface area contributed by atoms with Gasteiger partial charge in [0, 0.05) is 44.3 Å². The number of hydrogen-bond donors (Lipinski definition) is 0. The van der Waals surface area contributed by atoms with Crippen LogP contribution >= 0.6 is 0 Å². The molecule has 1 aliphatic rings. The lowest BCUT2D eigenvalue weighted by Crippen LogP contribution is -2.41. The summed E-state index contributed by atoms with van der Waals surface area (Å²) in [7, 11) is 3.78. The number of rotatable bonds is 3. The van der Waals surface area contributed by atoms with E-state index in [2.05, 4.69) is 22.9 Å². The zero-order chi connectivity index (χ0) is 14.8. The fourth-order valence-corrected chi connectivity index (χ4v) is 3.18. The van der Waals surface area contributed by atoms with Gasteiger partial charge in [-0.05, 0) is 24.5 Å². The molecule has 1 aromatic carbocycles. The summed E-state index contributed by atoms with van der Waals surface area (Å²) in [6.07, 6.45) is 4.76. The third kappa shape index (κ3) is 2.81. The van der Waals surface area contributed by atoms with Crippen LogP contribution in [0.5, 0.6) is 0 Å². The van der Waals surface area contributed by atoms with Gasteiger partial charge in [0.1, 0.15) is 0 Å². The number of para-hydroxylation sites is 1. The Hall–Kier alpha value is -1.81. The number of benzene rings is 1. The van der Waals surface area contributed by atoms with Gasteiger partial charge in [0.2, 0.25) is 5.91 Å². The first-order valence-electron chi connectivity index (χ1n) is 7.52. The maximum atomic E-state index is 12.5. The van der Waals surface area contributed by atoms with Crippen LogP contribution in [-0.4, -0.2) is 41.7 Å². The van der Waals surface area contributed by atoms with Gasteiger partial charge in [0.15, 0.2) is 0 Å². The predicted molar refractivity (Wildman–Crippen MR) is 83.2 cm³/mol. The van der Waals surface area contributed by atoms with Crippen LogP contribution < -0.4 is 0 Å². The van der Waals surface area contributed by atoms with Crippen molar-refractivity contribution >= 4 is 16.8 Å². The van der Waals surface area contributed by atoms with E-state index in [4.69, 9.17) is 4.74 Å². The molecule has 112 valence electrons. The van der Waals surface area contributed by atoms with Crippen molar-refractivity contribution in [2.45, 2.75) is 25.4 Å². The molecule has 4 heteroatoms. The smallest absolute Gasteiger partial charge is 0.227 e. The number of carbonyl (C=O) groups is 1. The van der Waals surface area contributed by atoms with Gasteiger partial charge in [-0.25, -0.2) is 0 Å². The Morgan fingerprint density at radius 1 is 1.29 bits per heavy atom. The van der Waals surface area contributed by atoms with Gasteiger partial charge in [-0.2, -0.15) is 0 Å². The number of amides is 1. The number of fused-ring (bicyclic) bond motifs is 1. The lowest BCUT2D eigenvalue weighted by molar-refractivity contribution is -0.132. The molecule has 0 atom stereocenters. The summed E-state index contributed by atoms with van der Waals surface area (Å²) in [4.78, 5) is 14.5. The van der Waals surface area contributed by atoms with E-state index in [1.165, 1.54) is 10.9 Å². The Balaban J connectivity index is 1.72. The third-order valence-corrected chi connectivity index (χ3v) is 4.45. The zero-order valence-corrected chi connectivity index (χ0v) is 12.7. The van der Waals surface area contributed by atoms with Crippen LogP contribution in [0.4, 0.5) is 0 Å².